The van der Waals surface area contributed by atoms with Crippen LogP contribution in [0.5, 0.6) is 0 Å². The molecule has 0 bridgehead atoms. The van der Waals surface area contributed by atoms with E-state index in [0.29, 0.717) is 6.61 Å². The molecule has 0 saturated heterocycles. The van der Waals surface area contributed by atoms with Crippen molar-refractivity contribution in [2.24, 2.45) is 5.92 Å². The van der Waals surface area contributed by atoms with Gasteiger partial charge in [0.15, 0.2) is 0 Å². The minimum absolute atomic E-state index is 0.114. The van der Waals surface area contributed by atoms with Crippen LogP contribution < -0.4 is 0 Å². The second-order valence-corrected chi connectivity index (χ2v) is 3.21. The first-order chi connectivity index (χ1) is 6.24. The van der Waals surface area contributed by atoms with Crippen molar-refractivity contribution in [2.75, 3.05) is 26.4 Å². The first-order valence-electron chi connectivity index (χ1n) is 4.72. The fraction of sp³-hybridized carbons (Fsp3) is 1.00. The number of ether oxygens (including phenoxy) is 1. The molecular formula is C9H20O4. The molecule has 0 fully saturated rings. The Morgan fingerprint density at radius 1 is 1.15 bits per heavy atom. The van der Waals surface area contributed by atoms with Crippen LogP contribution in [0.25, 0.3) is 0 Å². The van der Waals surface area contributed by atoms with Gasteiger partial charge in [0, 0.05) is 12.5 Å². The van der Waals surface area contributed by atoms with E-state index in [0.717, 1.165) is 12.8 Å². The molecule has 3 N–H and O–H groups in total. The van der Waals surface area contributed by atoms with Crippen molar-refractivity contribution in [3.63, 3.8) is 0 Å². The van der Waals surface area contributed by atoms with Gasteiger partial charge >= 0.3 is 0 Å². The number of hydrogen-bond donors (Lipinski definition) is 3. The standard InChI is InChI=1S/C9H20O4/c1-2-3-8(4-10)6-13-7-9(12)5-11/h8-12H,2-7H2,1H3. The molecule has 4 heteroatoms. The van der Waals surface area contributed by atoms with E-state index in [9.17, 15) is 0 Å². The van der Waals surface area contributed by atoms with Crippen molar-refractivity contribution in [1.82, 2.24) is 0 Å². The van der Waals surface area contributed by atoms with Gasteiger partial charge in [0.1, 0.15) is 6.10 Å². The predicted molar refractivity (Wildman–Crippen MR) is 49.4 cm³/mol. The van der Waals surface area contributed by atoms with Crippen molar-refractivity contribution in [3.05, 3.63) is 0 Å². The topological polar surface area (TPSA) is 69.9 Å². The van der Waals surface area contributed by atoms with Gasteiger partial charge in [-0.3, -0.25) is 0 Å². The Balaban J connectivity index is 3.37. The molecule has 0 heterocycles. The fourth-order valence-electron chi connectivity index (χ4n) is 1.06. The summed E-state index contributed by atoms with van der Waals surface area (Å²) in [6.07, 6.45) is 1.13. The maximum absolute atomic E-state index is 8.94. The Kier molecular flexibility index (Phi) is 8.33. The van der Waals surface area contributed by atoms with E-state index >= 15 is 0 Å². The Bertz CT molecular complexity index is 108. The molecule has 2 unspecified atom stereocenters. The van der Waals surface area contributed by atoms with Crippen LogP contribution in [0.15, 0.2) is 0 Å². The number of rotatable bonds is 8. The highest BCUT2D eigenvalue weighted by molar-refractivity contribution is 4.56. The molecule has 0 aromatic rings. The quantitative estimate of drug-likeness (QED) is 0.496. The average molecular weight is 192 g/mol. The molecule has 0 aliphatic carbocycles. The van der Waals surface area contributed by atoms with E-state index in [1.807, 2.05) is 6.92 Å². The van der Waals surface area contributed by atoms with Crippen molar-refractivity contribution in [3.8, 4) is 0 Å². The van der Waals surface area contributed by atoms with Crippen LogP contribution in [-0.4, -0.2) is 47.9 Å². The van der Waals surface area contributed by atoms with Crippen molar-refractivity contribution < 1.29 is 20.1 Å². The van der Waals surface area contributed by atoms with Gasteiger partial charge in [0.2, 0.25) is 0 Å². The summed E-state index contributed by atoms with van der Waals surface area (Å²) in [5.74, 6) is 0.149. The molecule has 0 aliphatic heterocycles. The molecule has 0 amide bonds. The number of hydrogen-bond acceptors (Lipinski definition) is 4. The van der Waals surface area contributed by atoms with Crippen LogP contribution >= 0.6 is 0 Å². The summed E-state index contributed by atoms with van der Waals surface area (Å²) in [6, 6.07) is 0. The molecule has 4 nitrogen and oxygen atoms in total. The van der Waals surface area contributed by atoms with E-state index in [2.05, 4.69) is 0 Å². The summed E-state index contributed by atoms with van der Waals surface area (Å²) in [7, 11) is 0. The molecule has 0 aromatic carbocycles. The Labute approximate surface area is 79.2 Å². The van der Waals surface area contributed by atoms with Crippen LogP contribution in [0.3, 0.4) is 0 Å². The third-order valence-corrected chi connectivity index (χ3v) is 1.83. The van der Waals surface area contributed by atoms with Gasteiger partial charge in [0.05, 0.1) is 19.8 Å². The lowest BCUT2D eigenvalue weighted by atomic mass is 10.1. The van der Waals surface area contributed by atoms with Crippen LogP contribution in [-0.2, 0) is 4.74 Å². The second-order valence-electron chi connectivity index (χ2n) is 3.21. The van der Waals surface area contributed by atoms with Crippen LogP contribution in [0.2, 0.25) is 0 Å². The Morgan fingerprint density at radius 2 is 1.85 bits per heavy atom. The molecule has 0 radical (unpaired) electrons. The largest absolute Gasteiger partial charge is 0.396 e. The van der Waals surface area contributed by atoms with Crippen molar-refractivity contribution in [2.45, 2.75) is 25.9 Å². The maximum atomic E-state index is 8.94. The van der Waals surface area contributed by atoms with E-state index < -0.39 is 6.10 Å². The molecule has 0 saturated carbocycles. The van der Waals surface area contributed by atoms with Gasteiger partial charge in [0.25, 0.3) is 0 Å². The third kappa shape index (κ3) is 6.95. The smallest absolute Gasteiger partial charge is 0.100 e. The monoisotopic (exact) mass is 192 g/mol. The van der Waals surface area contributed by atoms with E-state index in [1.54, 1.807) is 0 Å². The van der Waals surface area contributed by atoms with Crippen LogP contribution in [0, 0.1) is 5.92 Å². The number of aliphatic hydroxyl groups excluding tert-OH is 3. The average Bonchev–Trinajstić information content (AvgIpc) is 2.16. The summed E-state index contributed by atoms with van der Waals surface area (Å²) in [5, 5.41) is 26.3. The van der Waals surface area contributed by atoms with Gasteiger partial charge in [-0.15, -0.1) is 0 Å². The van der Waals surface area contributed by atoms with E-state index in [-0.39, 0.29) is 25.7 Å². The molecule has 0 rings (SSSR count). The third-order valence-electron chi connectivity index (χ3n) is 1.83. The summed E-state index contributed by atoms with van der Waals surface area (Å²) in [4.78, 5) is 0. The molecule has 0 spiro atoms. The molecule has 80 valence electrons. The summed E-state index contributed by atoms with van der Waals surface area (Å²) in [5.41, 5.74) is 0. The van der Waals surface area contributed by atoms with Gasteiger partial charge in [-0.05, 0) is 6.42 Å². The minimum atomic E-state index is -0.805. The zero-order chi connectivity index (χ0) is 10.1. The number of aliphatic hydroxyl groups is 3. The summed E-state index contributed by atoms with van der Waals surface area (Å²) < 4.78 is 5.12. The van der Waals surface area contributed by atoms with E-state index in [4.69, 9.17) is 20.1 Å². The highest BCUT2D eigenvalue weighted by Crippen LogP contribution is 2.05. The highest BCUT2D eigenvalue weighted by Gasteiger charge is 2.08. The normalized spacial score (nSPS) is 15.7. The van der Waals surface area contributed by atoms with Gasteiger partial charge in [-0.25, -0.2) is 0 Å². The summed E-state index contributed by atoms with van der Waals surface area (Å²) in [6.45, 7) is 2.46. The lowest BCUT2D eigenvalue weighted by Crippen LogP contribution is -2.22. The van der Waals surface area contributed by atoms with Crippen LogP contribution in [0.1, 0.15) is 19.8 Å². The van der Waals surface area contributed by atoms with Crippen molar-refractivity contribution in [1.29, 1.82) is 0 Å². The highest BCUT2D eigenvalue weighted by atomic mass is 16.5. The summed E-state index contributed by atoms with van der Waals surface area (Å²) >= 11 is 0. The van der Waals surface area contributed by atoms with Gasteiger partial charge in [-0.2, -0.15) is 0 Å². The molecule has 0 aliphatic rings. The van der Waals surface area contributed by atoms with Gasteiger partial charge in [-0.1, -0.05) is 13.3 Å². The molecule has 0 aromatic heterocycles. The maximum Gasteiger partial charge on any atom is 0.100 e. The molecular weight excluding hydrogens is 172 g/mol. The fourth-order valence-corrected chi connectivity index (χ4v) is 1.06. The zero-order valence-electron chi connectivity index (χ0n) is 8.15. The lowest BCUT2D eigenvalue weighted by molar-refractivity contribution is -0.0119. The Morgan fingerprint density at radius 3 is 2.31 bits per heavy atom. The molecule has 2 atom stereocenters. The molecule has 13 heavy (non-hydrogen) atoms. The van der Waals surface area contributed by atoms with E-state index in [1.165, 1.54) is 0 Å². The first-order valence-corrected chi connectivity index (χ1v) is 4.72. The Hall–Kier alpha value is -0.160. The lowest BCUT2D eigenvalue weighted by Gasteiger charge is -2.14. The zero-order valence-corrected chi connectivity index (χ0v) is 8.15. The minimum Gasteiger partial charge on any atom is -0.396 e. The van der Waals surface area contributed by atoms with Crippen molar-refractivity contribution >= 4 is 0 Å². The second kappa shape index (κ2) is 8.44. The first kappa shape index (κ1) is 12.8. The van der Waals surface area contributed by atoms with Gasteiger partial charge < -0.3 is 20.1 Å². The van der Waals surface area contributed by atoms with Crippen LogP contribution in [0.4, 0.5) is 0 Å². The predicted octanol–water partition coefficient (Wildman–Crippen LogP) is -0.235. The SMILES string of the molecule is CCCC(CO)COCC(O)CO.